The molecule has 0 aromatic carbocycles. The minimum atomic E-state index is 0.409. The quantitative estimate of drug-likeness (QED) is 0.480. The smallest absolute Gasteiger partial charge is 0.0124 e. The second kappa shape index (κ2) is 10.9. The molecule has 25 heavy (non-hydrogen) atoms. The van der Waals surface area contributed by atoms with E-state index in [1.54, 1.807) is 0 Å². The number of rotatable bonds is 9. The van der Waals surface area contributed by atoms with Gasteiger partial charge in [0.1, 0.15) is 0 Å². The molecule has 0 aliphatic heterocycles. The zero-order valence-corrected chi connectivity index (χ0v) is 16.8. The van der Waals surface area contributed by atoms with E-state index in [1.807, 2.05) is 0 Å². The Balaban J connectivity index is 1.89. The molecule has 2 fully saturated rings. The van der Waals surface area contributed by atoms with Gasteiger partial charge in [-0.05, 0) is 88.1 Å². The zero-order valence-electron chi connectivity index (χ0n) is 16.8. The summed E-state index contributed by atoms with van der Waals surface area (Å²) in [6.07, 6.45) is 12.6. The number of hydrogen-bond acceptors (Lipinski definition) is 4. The lowest BCUT2D eigenvalue weighted by Gasteiger charge is -2.44. The first kappa shape index (κ1) is 21.1. The van der Waals surface area contributed by atoms with Crippen LogP contribution in [0.25, 0.3) is 0 Å². The SMILES string of the molecule is CC1CC(C(NCCCCCCN)C2CCC(N)C(C)C2)CCC1N. The average molecular weight is 353 g/mol. The molecule has 6 unspecified atom stereocenters. The Hall–Kier alpha value is -0.160. The van der Waals surface area contributed by atoms with E-state index in [9.17, 15) is 0 Å². The number of nitrogens with one attached hydrogen (secondary N) is 1. The molecule has 0 bridgehead atoms. The fourth-order valence-corrected chi connectivity index (χ4v) is 5.18. The Kier molecular flexibility index (Phi) is 9.18. The van der Waals surface area contributed by atoms with Crippen LogP contribution < -0.4 is 22.5 Å². The minimum absolute atomic E-state index is 0.409. The van der Waals surface area contributed by atoms with E-state index in [2.05, 4.69) is 19.2 Å². The fourth-order valence-electron chi connectivity index (χ4n) is 5.18. The Morgan fingerprint density at radius 3 is 1.80 bits per heavy atom. The molecule has 148 valence electrons. The monoisotopic (exact) mass is 352 g/mol. The van der Waals surface area contributed by atoms with Crippen molar-refractivity contribution < 1.29 is 0 Å². The summed E-state index contributed by atoms with van der Waals surface area (Å²) in [5.41, 5.74) is 18.2. The summed E-state index contributed by atoms with van der Waals surface area (Å²) < 4.78 is 0. The van der Waals surface area contributed by atoms with E-state index in [0.29, 0.717) is 30.0 Å². The van der Waals surface area contributed by atoms with Crippen LogP contribution in [0, 0.1) is 23.7 Å². The van der Waals surface area contributed by atoms with Crippen molar-refractivity contribution in [2.45, 2.75) is 96.2 Å². The summed E-state index contributed by atoms with van der Waals surface area (Å²) in [6.45, 7) is 6.68. The van der Waals surface area contributed by atoms with Crippen LogP contribution in [0.5, 0.6) is 0 Å². The van der Waals surface area contributed by atoms with Gasteiger partial charge in [-0.2, -0.15) is 0 Å². The normalized spacial score (nSPS) is 37.8. The van der Waals surface area contributed by atoms with E-state index in [4.69, 9.17) is 17.2 Å². The van der Waals surface area contributed by atoms with Crippen LogP contribution >= 0.6 is 0 Å². The molecule has 0 radical (unpaired) electrons. The lowest BCUT2D eigenvalue weighted by Crippen LogP contribution is -2.50. The fraction of sp³-hybridized carbons (Fsp3) is 1.00. The Morgan fingerprint density at radius 1 is 0.800 bits per heavy atom. The van der Waals surface area contributed by atoms with Crippen molar-refractivity contribution >= 4 is 0 Å². The van der Waals surface area contributed by atoms with E-state index >= 15 is 0 Å². The van der Waals surface area contributed by atoms with Crippen LogP contribution in [0.15, 0.2) is 0 Å². The standard InChI is InChI=1S/C21H44N4/c1-15-13-17(7-9-19(15)23)21(25-12-6-4-3-5-11-22)18-8-10-20(24)16(2)14-18/h15-21,25H,3-14,22-24H2,1-2H3. The van der Waals surface area contributed by atoms with Crippen LogP contribution in [0.4, 0.5) is 0 Å². The first-order valence-corrected chi connectivity index (χ1v) is 11.0. The van der Waals surface area contributed by atoms with Crippen molar-refractivity contribution in [1.29, 1.82) is 0 Å². The largest absolute Gasteiger partial charge is 0.330 e. The Morgan fingerprint density at radius 2 is 1.32 bits per heavy atom. The maximum absolute atomic E-state index is 6.28. The summed E-state index contributed by atoms with van der Waals surface area (Å²) in [7, 11) is 0. The van der Waals surface area contributed by atoms with Gasteiger partial charge in [0.05, 0.1) is 0 Å². The van der Waals surface area contributed by atoms with Gasteiger partial charge in [-0.15, -0.1) is 0 Å². The number of nitrogens with two attached hydrogens (primary N) is 3. The first-order valence-electron chi connectivity index (χ1n) is 11.0. The minimum Gasteiger partial charge on any atom is -0.330 e. The molecular weight excluding hydrogens is 308 g/mol. The summed E-state index contributed by atoms with van der Waals surface area (Å²) in [6, 6.07) is 1.48. The Labute approximate surface area is 156 Å². The van der Waals surface area contributed by atoms with Crippen molar-refractivity contribution in [1.82, 2.24) is 5.32 Å². The van der Waals surface area contributed by atoms with Gasteiger partial charge in [0.25, 0.3) is 0 Å². The molecule has 0 saturated heterocycles. The first-order chi connectivity index (χ1) is 12.0. The highest BCUT2D eigenvalue weighted by Crippen LogP contribution is 2.38. The van der Waals surface area contributed by atoms with Gasteiger partial charge in [-0.25, -0.2) is 0 Å². The van der Waals surface area contributed by atoms with Gasteiger partial charge in [-0.1, -0.05) is 26.7 Å². The Bertz CT molecular complexity index is 336. The second-order valence-electron chi connectivity index (χ2n) is 9.11. The van der Waals surface area contributed by atoms with Crippen LogP contribution in [0.3, 0.4) is 0 Å². The third-order valence-corrected chi connectivity index (χ3v) is 7.08. The third-order valence-electron chi connectivity index (χ3n) is 7.08. The summed E-state index contributed by atoms with van der Waals surface area (Å²) in [5.74, 6) is 2.92. The van der Waals surface area contributed by atoms with Crippen LogP contribution in [-0.4, -0.2) is 31.2 Å². The highest BCUT2D eigenvalue weighted by atomic mass is 14.9. The van der Waals surface area contributed by atoms with Gasteiger partial charge in [0.2, 0.25) is 0 Å². The highest BCUT2D eigenvalue weighted by molar-refractivity contribution is 4.93. The van der Waals surface area contributed by atoms with Crippen molar-refractivity contribution in [2.24, 2.45) is 40.9 Å². The molecule has 7 N–H and O–H groups in total. The molecule has 0 spiro atoms. The lowest BCUT2D eigenvalue weighted by molar-refractivity contribution is 0.119. The molecule has 2 rings (SSSR count). The predicted molar refractivity (Wildman–Crippen MR) is 108 cm³/mol. The zero-order chi connectivity index (χ0) is 18.2. The van der Waals surface area contributed by atoms with Gasteiger partial charge in [-0.3, -0.25) is 0 Å². The molecule has 6 atom stereocenters. The van der Waals surface area contributed by atoms with Gasteiger partial charge < -0.3 is 22.5 Å². The molecule has 4 heteroatoms. The molecular formula is C21H44N4. The highest BCUT2D eigenvalue weighted by Gasteiger charge is 2.37. The molecule has 4 nitrogen and oxygen atoms in total. The average Bonchev–Trinajstić information content (AvgIpc) is 2.60. The second-order valence-corrected chi connectivity index (χ2v) is 9.11. The van der Waals surface area contributed by atoms with E-state index in [0.717, 1.165) is 24.9 Å². The summed E-state index contributed by atoms with van der Waals surface area (Å²) in [5, 5.41) is 3.99. The summed E-state index contributed by atoms with van der Waals surface area (Å²) in [4.78, 5) is 0. The molecule has 2 aliphatic carbocycles. The van der Waals surface area contributed by atoms with Crippen LogP contribution in [0.1, 0.15) is 78.1 Å². The third kappa shape index (κ3) is 6.50. The molecule has 0 aromatic rings. The van der Waals surface area contributed by atoms with Gasteiger partial charge in [0, 0.05) is 18.1 Å². The number of hydrogen-bond donors (Lipinski definition) is 4. The molecule has 0 aromatic heterocycles. The molecule has 0 amide bonds. The van der Waals surface area contributed by atoms with Crippen molar-refractivity contribution in [3.05, 3.63) is 0 Å². The van der Waals surface area contributed by atoms with Crippen LogP contribution in [-0.2, 0) is 0 Å². The number of unbranched alkanes of at least 4 members (excludes halogenated alkanes) is 3. The van der Waals surface area contributed by atoms with E-state index in [-0.39, 0.29) is 0 Å². The molecule has 2 aliphatic rings. The van der Waals surface area contributed by atoms with Gasteiger partial charge in [0.15, 0.2) is 0 Å². The topological polar surface area (TPSA) is 90.1 Å². The predicted octanol–water partition coefficient (Wildman–Crippen LogP) is 2.99. The van der Waals surface area contributed by atoms with Gasteiger partial charge >= 0.3 is 0 Å². The molecule has 2 saturated carbocycles. The van der Waals surface area contributed by atoms with Crippen molar-refractivity contribution in [3.8, 4) is 0 Å². The molecule has 0 heterocycles. The maximum Gasteiger partial charge on any atom is 0.0124 e. The maximum atomic E-state index is 6.28. The van der Waals surface area contributed by atoms with E-state index < -0.39 is 0 Å². The van der Waals surface area contributed by atoms with Crippen molar-refractivity contribution in [3.63, 3.8) is 0 Å². The van der Waals surface area contributed by atoms with Crippen LogP contribution in [0.2, 0.25) is 0 Å². The summed E-state index contributed by atoms with van der Waals surface area (Å²) >= 11 is 0. The van der Waals surface area contributed by atoms with E-state index in [1.165, 1.54) is 64.2 Å². The lowest BCUT2D eigenvalue weighted by atomic mass is 9.68. The van der Waals surface area contributed by atoms with Crippen molar-refractivity contribution in [2.75, 3.05) is 13.1 Å².